The van der Waals surface area contributed by atoms with Gasteiger partial charge in [-0.1, -0.05) is 19.1 Å². The van der Waals surface area contributed by atoms with Crippen LogP contribution in [0.4, 0.5) is 0 Å². The van der Waals surface area contributed by atoms with Crippen molar-refractivity contribution in [2.75, 3.05) is 13.1 Å². The van der Waals surface area contributed by atoms with E-state index in [1.807, 2.05) is 19.3 Å². The molecule has 1 aliphatic rings. The minimum absolute atomic E-state index is 0.718. The zero-order chi connectivity index (χ0) is 10.2. The lowest BCUT2D eigenvalue weighted by atomic mass is 10.1. The summed E-state index contributed by atoms with van der Waals surface area (Å²) >= 11 is 0. The average Bonchev–Trinajstić information content (AvgIpc) is 2.71. The van der Waals surface area contributed by atoms with E-state index in [-0.39, 0.29) is 0 Å². The van der Waals surface area contributed by atoms with Crippen molar-refractivity contribution in [3.05, 3.63) is 23.9 Å². The summed E-state index contributed by atoms with van der Waals surface area (Å²) < 4.78 is 0. The van der Waals surface area contributed by atoms with Crippen LogP contribution in [-0.2, 0) is 0 Å². The van der Waals surface area contributed by atoms with E-state index >= 15 is 0 Å². The molecule has 1 atom stereocenters. The Balaban J connectivity index is 2.45. The summed E-state index contributed by atoms with van der Waals surface area (Å²) in [5, 5.41) is 3.36. The highest BCUT2D eigenvalue weighted by Crippen LogP contribution is 2.11. The maximum Gasteiger partial charge on any atom is 0.0295 e. The summed E-state index contributed by atoms with van der Waals surface area (Å²) in [5.41, 5.74) is 1.30. The first kappa shape index (κ1) is 11.2. The van der Waals surface area contributed by atoms with Crippen LogP contribution in [0.2, 0.25) is 0 Å². The first-order valence-electron chi connectivity index (χ1n) is 5.42. The Morgan fingerprint density at radius 1 is 1.57 bits per heavy atom. The van der Waals surface area contributed by atoms with Crippen LogP contribution >= 0.6 is 0 Å². The number of nitrogens with zero attached hydrogens (tertiary/aromatic N) is 1. The highest BCUT2D eigenvalue weighted by molar-refractivity contribution is 5.54. The minimum Gasteiger partial charge on any atom is -0.316 e. The number of hydrogen-bond acceptors (Lipinski definition) is 2. The maximum absolute atomic E-state index is 4.13. The van der Waals surface area contributed by atoms with Crippen LogP contribution in [0.25, 0.3) is 0 Å². The molecule has 2 nitrogen and oxygen atoms in total. The van der Waals surface area contributed by atoms with Gasteiger partial charge in [0, 0.05) is 19.0 Å². The lowest BCUT2D eigenvalue weighted by Gasteiger charge is -2.00. The quantitative estimate of drug-likeness (QED) is 0.537. The van der Waals surface area contributed by atoms with Crippen LogP contribution in [0.1, 0.15) is 26.7 Å². The molecule has 1 aliphatic heterocycles. The summed E-state index contributed by atoms with van der Waals surface area (Å²) in [6.45, 7) is 6.39. The second-order valence-corrected chi connectivity index (χ2v) is 3.58. The molecule has 1 heterocycles. The van der Waals surface area contributed by atoms with Crippen molar-refractivity contribution in [1.29, 1.82) is 0 Å². The lowest BCUT2D eigenvalue weighted by Crippen LogP contribution is -2.07. The second kappa shape index (κ2) is 6.55. The predicted molar refractivity (Wildman–Crippen MR) is 62.7 cm³/mol. The molecule has 0 aromatic heterocycles. The molecule has 0 amide bonds. The van der Waals surface area contributed by atoms with E-state index in [2.05, 4.69) is 29.4 Å². The second-order valence-electron chi connectivity index (χ2n) is 3.58. The van der Waals surface area contributed by atoms with E-state index in [4.69, 9.17) is 0 Å². The minimum atomic E-state index is 0.718. The van der Waals surface area contributed by atoms with E-state index in [1.54, 1.807) is 0 Å². The molecule has 1 saturated heterocycles. The van der Waals surface area contributed by atoms with E-state index in [1.165, 1.54) is 12.0 Å². The summed E-state index contributed by atoms with van der Waals surface area (Å²) in [5.74, 6) is 0.718. The van der Waals surface area contributed by atoms with Gasteiger partial charge in [-0.2, -0.15) is 0 Å². The smallest absolute Gasteiger partial charge is 0.0295 e. The van der Waals surface area contributed by atoms with E-state index in [0.29, 0.717) is 0 Å². The van der Waals surface area contributed by atoms with E-state index < -0.39 is 0 Å². The third-order valence-corrected chi connectivity index (χ3v) is 2.48. The van der Waals surface area contributed by atoms with Gasteiger partial charge in [-0.25, -0.2) is 0 Å². The highest BCUT2D eigenvalue weighted by atomic mass is 14.9. The Morgan fingerprint density at radius 3 is 3.00 bits per heavy atom. The van der Waals surface area contributed by atoms with Crippen LogP contribution in [0, 0.1) is 5.92 Å². The average molecular weight is 192 g/mol. The van der Waals surface area contributed by atoms with Crippen molar-refractivity contribution < 1.29 is 0 Å². The molecule has 14 heavy (non-hydrogen) atoms. The number of nitrogens with one attached hydrogen (secondary N) is 1. The van der Waals surface area contributed by atoms with Crippen molar-refractivity contribution in [3.63, 3.8) is 0 Å². The predicted octanol–water partition coefficient (Wildman–Crippen LogP) is 2.54. The van der Waals surface area contributed by atoms with Crippen LogP contribution in [0.5, 0.6) is 0 Å². The fourth-order valence-corrected chi connectivity index (χ4v) is 1.52. The van der Waals surface area contributed by atoms with Crippen molar-refractivity contribution in [1.82, 2.24) is 5.32 Å². The number of rotatable bonds is 4. The molecule has 0 aromatic rings. The van der Waals surface area contributed by atoms with Crippen LogP contribution < -0.4 is 5.32 Å². The van der Waals surface area contributed by atoms with Crippen molar-refractivity contribution >= 4 is 6.21 Å². The third-order valence-electron chi connectivity index (χ3n) is 2.48. The highest BCUT2D eigenvalue weighted by Gasteiger charge is 2.09. The molecule has 0 aromatic carbocycles. The van der Waals surface area contributed by atoms with E-state index in [9.17, 15) is 0 Å². The van der Waals surface area contributed by atoms with E-state index in [0.717, 1.165) is 25.4 Å². The molecular formula is C12H20N2. The zero-order valence-corrected chi connectivity index (χ0v) is 9.16. The summed E-state index contributed by atoms with van der Waals surface area (Å²) in [4.78, 5) is 4.13. The molecule has 0 radical (unpaired) electrons. The van der Waals surface area contributed by atoms with Crippen molar-refractivity contribution in [3.8, 4) is 0 Å². The largest absolute Gasteiger partial charge is 0.316 e. The molecule has 0 spiro atoms. The monoisotopic (exact) mass is 192 g/mol. The number of allylic oxidation sites excluding steroid dienone is 2. The lowest BCUT2D eigenvalue weighted by molar-refractivity contribution is 0.727. The summed E-state index contributed by atoms with van der Waals surface area (Å²) in [6, 6.07) is 0. The van der Waals surface area contributed by atoms with Gasteiger partial charge in [-0.3, -0.25) is 4.99 Å². The molecule has 0 bridgehead atoms. The topological polar surface area (TPSA) is 24.4 Å². The van der Waals surface area contributed by atoms with Gasteiger partial charge >= 0.3 is 0 Å². The van der Waals surface area contributed by atoms with Gasteiger partial charge < -0.3 is 5.32 Å². The van der Waals surface area contributed by atoms with Gasteiger partial charge in [0.15, 0.2) is 0 Å². The fourth-order valence-electron chi connectivity index (χ4n) is 1.52. The Labute approximate surface area is 86.8 Å². The van der Waals surface area contributed by atoms with Gasteiger partial charge in [0.1, 0.15) is 0 Å². The number of hydrogen-bond donors (Lipinski definition) is 1. The van der Waals surface area contributed by atoms with Crippen molar-refractivity contribution in [2.45, 2.75) is 26.7 Å². The molecular weight excluding hydrogens is 172 g/mol. The van der Waals surface area contributed by atoms with Crippen LogP contribution in [0.3, 0.4) is 0 Å². The molecule has 1 rings (SSSR count). The van der Waals surface area contributed by atoms with Gasteiger partial charge in [-0.05, 0) is 37.8 Å². The first-order chi connectivity index (χ1) is 6.86. The van der Waals surface area contributed by atoms with Gasteiger partial charge in [0.2, 0.25) is 0 Å². The molecule has 78 valence electrons. The standard InChI is InChI=1S/C12H20N2/c1-3-11(9-13-4-2)5-6-12-7-8-14-10-12/h4-6,9,12,14H,3,7-8,10H2,1-2H3/b6-5+,11-9+,13-4?/t12-/m0/s1. The van der Waals surface area contributed by atoms with Crippen LogP contribution in [-0.4, -0.2) is 19.3 Å². The third kappa shape index (κ3) is 3.88. The Bertz CT molecular complexity index is 233. The maximum atomic E-state index is 4.13. The van der Waals surface area contributed by atoms with Crippen LogP contribution in [0.15, 0.2) is 28.9 Å². The molecule has 0 saturated carbocycles. The van der Waals surface area contributed by atoms with Gasteiger partial charge in [0.05, 0.1) is 0 Å². The number of aliphatic imine (C=N–C) groups is 1. The Kier molecular flexibility index (Phi) is 5.23. The molecule has 1 N–H and O–H groups in total. The molecule has 2 heteroatoms. The van der Waals surface area contributed by atoms with Crippen molar-refractivity contribution in [2.24, 2.45) is 10.9 Å². The first-order valence-corrected chi connectivity index (χ1v) is 5.42. The molecule has 1 fully saturated rings. The Hall–Kier alpha value is -0.890. The fraction of sp³-hybridized carbons (Fsp3) is 0.583. The molecule has 0 unspecified atom stereocenters. The SMILES string of the molecule is CC=N/C=C(/C=C/[C@H]1CCNC1)CC. The summed E-state index contributed by atoms with van der Waals surface area (Å²) in [6.07, 6.45) is 10.6. The zero-order valence-electron chi connectivity index (χ0n) is 9.16. The Morgan fingerprint density at radius 2 is 2.43 bits per heavy atom. The van der Waals surface area contributed by atoms with Gasteiger partial charge in [0.25, 0.3) is 0 Å². The summed E-state index contributed by atoms with van der Waals surface area (Å²) in [7, 11) is 0. The normalized spacial score (nSPS) is 24.1. The molecule has 0 aliphatic carbocycles. The van der Waals surface area contributed by atoms with Gasteiger partial charge in [-0.15, -0.1) is 0 Å².